The molecule has 0 aromatic rings. The second kappa shape index (κ2) is 30.7. The molecule has 0 saturated carbocycles. The second-order valence-electron chi connectivity index (χ2n) is 7.36. The van der Waals surface area contributed by atoms with Gasteiger partial charge in [-0.05, 0) is 51.3 Å². The molecule has 0 aromatic carbocycles. The van der Waals surface area contributed by atoms with Crippen LogP contribution < -0.4 is 0 Å². The van der Waals surface area contributed by atoms with Crippen LogP contribution in [0.5, 0.6) is 0 Å². The van der Waals surface area contributed by atoms with Gasteiger partial charge in [-0.25, -0.2) is 0 Å². The molecule has 6 nitrogen and oxygen atoms in total. The third kappa shape index (κ3) is 27.9. The fraction of sp³-hybridized carbons (Fsp3) is 0.517. The largest absolute Gasteiger partial charge is 0.483 e. The summed E-state index contributed by atoms with van der Waals surface area (Å²) in [4.78, 5) is 14.6. The van der Waals surface area contributed by atoms with E-state index in [-0.39, 0.29) is 6.47 Å². The standard InChI is InChI=1S/C18H28N2O2S.C8H14.C2H6.CH2O2/c1-5-18(12-20-9-11-23-15-20)7-6-16(2)13-21-10-8-17(3)22-14-19-4;1-4-6-7-8(3)5-2;1-2;2-1-3/h5-8,14H,1,9-13,15H2,2-4H3;4,6-7H,5H2,1-3H3;1-2H3;1H,(H,2,3)/b16-6+,17-8+,18-7+,19-14?;6-4-,8-7-;;. The van der Waals surface area contributed by atoms with Crippen molar-refractivity contribution in [2.45, 2.75) is 54.9 Å². The van der Waals surface area contributed by atoms with Gasteiger partial charge in [0.05, 0.1) is 13.2 Å². The van der Waals surface area contributed by atoms with Crippen molar-refractivity contribution in [1.82, 2.24) is 4.90 Å². The number of carboxylic acid groups (broad SMARTS) is 1. The van der Waals surface area contributed by atoms with Crippen molar-refractivity contribution in [2.75, 3.05) is 45.0 Å². The first-order valence-electron chi connectivity index (χ1n) is 12.3. The lowest BCUT2D eigenvalue weighted by Crippen LogP contribution is -2.21. The van der Waals surface area contributed by atoms with E-state index in [0.717, 1.165) is 31.1 Å². The number of hydrogen-bond donors (Lipinski definition) is 1. The van der Waals surface area contributed by atoms with E-state index in [2.05, 4.69) is 61.5 Å². The minimum absolute atomic E-state index is 0.250. The Hall–Kier alpha value is -2.35. The van der Waals surface area contributed by atoms with Crippen molar-refractivity contribution in [3.05, 3.63) is 71.6 Å². The molecule has 1 aliphatic rings. The second-order valence-corrected chi connectivity index (χ2v) is 8.43. The van der Waals surface area contributed by atoms with Crippen molar-refractivity contribution in [3.8, 4) is 0 Å². The van der Waals surface area contributed by atoms with Crippen LogP contribution in [0.25, 0.3) is 0 Å². The monoisotopic (exact) mass is 522 g/mol. The van der Waals surface area contributed by atoms with Gasteiger partial charge in [0.15, 0.2) is 6.40 Å². The highest BCUT2D eigenvalue weighted by Gasteiger charge is 2.11. The molecular formula is C29H50N2O4S. The zero-order valence-corrected chi connectivity index (χ0v) is 24.6. The average molecular weight is 523 g/mol. The summed E-state index contributed by atoms with van der Waals surface area (Å²) in [5.74, 6) is 3.14. The number of allylic oxidation sites excluding steroid dienone is 7. The van der Waals surface area contributed by atoms with Crippen LogP contribution in [-0.4, -0.2) is 67.9 Å². The van der Waals surface area contributed by atoms with Crippen LogP contribution in [0.2, 0.25) is 0 Å². The minimum atomic E-state index is -0.250. The SMILES string of the molecule is C/C=C\C=C(\C)CC.C=C/C(=C\C=C(/C)COC/C=C(\C)OC=NC)CN1CCSC1.CC.O=CO. The maximum absolute atomic E-state index is 8.36. The number of carbonyl (C=O) groups is 1. The highest BCUT2D eigenvalue weighted by molar-refractivity contribution is 7.99. The number of nitrogens with zero attached hydrogens (tertiary/aromatic N) is 2. The zero-order chi connectivity index (χ0) is 28.0. The van der Waals surface area contributed by atoms with Crippen molar-refractivity contribution in [2.24, 2.45) is 4.99 Å². The van der Waals surface area contributed by atoms with E-state index < -0.39 is 0 Å². The van der Waals surface area contributed by atoms with Gasteiger partial charge in [0.25, 0.3) is 6.47 Å². The maximum atomic E-state index is 8.36. The summed E-state index contributed by atoms with van der Waals surface area (Å²) < 4.78 is 10.8. The Morgan fingerprint density at radius 3 is 2.33 bits per heavy atom. The molecule has 1 fully saturated rings. The molecule has 0 atom stereocenters. The van der Waals surface area contributed by atoms with Crippen molar-refractivity contribution < 1.29 is 19.4 Å². The van der Waals surface area contributed by atoms with E-state index in [0.29, 0.717) is 13.2 Å². The smallest absolute Gasteiger partial charge is 0.290 e. The van der Waals surface area contributed by atoms with Crippen molar-refractivity contribution >= 4 is 24.6 Å². The van der Waals surface area contributed by atoms with E-state index in [9.17, 15) is 0 Å². The first-order chi connectivity index (χ1) is 17.4. The predicted molar refractivity (Wildman–Crippen MR) is 160 cm³/mol. The lowest BCUT2D eigenvalue weighted by Gasteiger charge is -2.13. The summed E-state index contributed by atoms with van der Waals surface area (Å²) in [7, 11) is 1.67. The molecule has 1 heterocycles. The van der Waals surface area contributed by atoms with Crippen molar-refractivity contribution in [1.29, 1.82) is 0 Å². The normalized spacial score (nSPS) is 14.9. The van der Waals surface area contributed by atoms with Crippen LogP contribution in [0, 0.1) is 0 Å². The average Bonchev–Trinajstić information content (AvgIpc) is 3.41. The molecule has 0 amide bonds. The predicted octanol–water partition coefficient (Wildman–Crippen LogP) is 7.29. The number of thioether (sulfide) groups is 1. The Labute approximate surface area is 225 Å². The fourth-order valence-corrected chi connectivity index (χ4v) is 3.27. The van der Waals surface area contributed by atoms with Gasteiger partial charge in [-0.15, -0.1) is 11.8 Å². The summed E-state index contributed by atoms with van der Waals surface area (Å²) in [6.45, 7) is 21.2. The number of ether oxygens (including phenoxy) is 2. The Morgan fingerprint density at radius 2 is 1.83 bits per heavy atom. The minimum Gasteiger partial charge on any atom is -0.483 e. The Balaban J connectivity index is -0.000000696. The van der Waals surface area contributed by atoms with Crippen LogP contribution in [0.15, 0.2) is 76.6 Å². The van der Waals surface area contributed by atoms with Gasteiger partial charge >= 0.3 is 0 Å². The zero-order valence-electron chi connectivity index (χ0n) is 23.8. The van der Waals surface area contributed by atoms with E-state index in [1.54, 1.807) is 7.05 Å². The van der Waals surface area contributed by atoms with Gasteiger partial charge in [-0.3, -0.25) is 14.7 Å². The topological polar surface area (TPSA) is 71.4 Å². The Kier molecular flexibility index (Phi) is 32.5. The number of aliphatic imine (C=N–C) groups is 1. The van der Waals surface area contributed by atoms with Crippen LogP contribution in [0.3, 0.4) is 0 Å². The van der Waals surface area contributed by atoms with Crippen LogP contribution >= 0.6 is 11.8 Å². The first-order valence-corrected chi connectivity index (χ1v) is 13.5. The first kappa shape index (κ1) is 38.2. The molecule has 0 unspecified atom stereocenters. The summed E-state index contributed by atoms with van der Waals surface area (Å²) >= 11 is 1.98. The van der Waals surface area contributed by atoms with Gasteiger partial charge in [0, 0.05) is 31.8 Å². The van der Waals surface area contributed by atoms with Gasteiger partial charge in [0.2, 0.25) is 0 Å². The van der Waals surface area contributed by atoms with Gasteiger partial charge in [-0.2, -0.15) is 0 Å². The van der Waals surface area contributed by atoms with E-state index in [1.807, 2.05) is 57.7 Å². The lowest BCUT2D eigenvalue weighted by atomic mass is 10.2. The summed E-state index contributed by atoms with van der Waals surface area (Å²) in [5, 5.41) is 6.89. The third-order valence-corrected chi connectivity index (χ3v) is 5.39. The highest BCUT2D eigenvalue weighted by Crippen LogP contribution is 2.15. The molecule has 206 valence electrons. The highest BCUT2D eigenvalue weighted by atomic mass is 32.2. The summed E-state index contributed by atoms with van der Waals surface area (Å²) in [6.07, 6.45) is 16.9. The molecule has 1 aliphatic heterocycles. The lowest BCUT2D eigenvalue weighted by molar-refractivity contribution is -0.122. The number of rotatable bonds is 12. The fourth-order valence-electron chi connectivity index (χ4n) is 2.28. The van der Waals surface area contributed by atoms with E-state index in [4.69, 9.17) is 19.4 Å². The van der Waals surface area contributed by atoms with E-state index in [1.165, 1.54) is 28.9 Å². The molecule has 7 heteroatoms. The van der Waals surface area contributed by atoms with Gasteiger partial charge in [0.1, 0.15) is 5.76 Å². The molecule has 1 saturated heterocycles. The van der Waals surface area contributed by atoms with Crippen molar-refractivity contribution in [3.63, 3.8) is 0 Å². The molecule has 1 rings (SSSR count). The van der Waals surface area contributed by atoms with Gasteiger partial charge < -0.3 is 14.6 Å². The molecule has 0 radical (unpaired) electrons. The Bertz CT molecular complexity index is 717. The summed E-state index contributed by atoms with van der Waals surface area (Å²) in [6, 6.07) is 0. The van der Waals surface area contributed by atoms with Gasteiger partial charge in [-0.1, -0.05) is 69.4 Å². The summed E-state index contributed by atoms with van der Waals surface area (Å²) in [5.41, 5.74) is 3.86. The molecule has 0 aromatic heterocycles. The van der Waals surface area contributed by atoms with Crippen LogP contribution in [0.4, 0.5) is 0 Å². The van der Waals surface area contributed by atoms with E-state index >= 15 is 0 Å². The molecule has 0 bridgehead atoms. The molecular weight excluding hydrogens is 472 g/mol. The molecule has 0 aliphatic carbocycles. The quantitative estimate of drug-likeness (QED) is 0.0724. The van der Waals surface area contributed by atoms with Crippen LogP contribution in [0.1, 0.15) is 54.9 Å². The van der Waals surface area contributed by atoms with Crippen LogP contribution in [-0.2, 0) is 14.3 Å². The third-order valence-electron chi connectivity index (χ3n) is 4.37. The maximum Gasteiger partial charge on any atom is 0.290 e. The number of hydrogen-bond acceptors (Lipinski definition) is 6. The molecule has 36 heavy (non-hydrogen) atoms. The Morgan fingerprint density at radius 1 is 1.17 bits per heavy atom. The molecule has 0 spiro atoms. The molecule has 1 N–H and O–H groups in total.